The minimum atomic E-state index is 0.757. The van der Waals surface area contributed by atoms with Crippen molar-refractivity contribution in [3.05, 3.63) is 83.0 Å². The van der Waals surface area contributed by atoms with Crippen molar-refractivity contribution in [1.82, 2.24) is 9.88 Å². The number of rotatable bonds is 3. The lowest BCUT2D eigenvalue weighted by atomic mass is 10.1. The number of hydrogen-bond donors (Lipinski definition) is 0. The van der Waals surface area contributed by atoms with Crippen LogP contribution in [0.2, 0.25) is 0 Å². The monoisotopic (exact) mass is 266 g/mol. The van der Waals surface area contributed by atoms with E-state index in [0.717, 1.165) is 17.3 Å². The predicted octanol–water partition coefficient (Wildman–Crippen LogP) is 4.10. The molecule has 19 heavy (non-hydrogen) atoms. The molecule has 1 aliphatic heterocycles. The highest BCUT2D eigenvalue weighted by molar-refractivity contribution is 8.06. The molecule has 0 radical (unpaired) electrons. The second kappa shape index (κ2) is 5.33. The third kappa shape index (κ3) is 2.56. The summed E-state index contributed by atoms with van der Waals surface area (Å²) >= 11 is 1.67. The van der Waals surface area contributed by atoms with Gasteiger partial charge >= 0.3 is 0 Å². The highest BCUT2D eigenvalue weighted by Gasteiger charge is 2.21. The summed E-state index contributed by atoms with van der Waals surface area (Å²) in [7, 11) is 0. The molecule has 0 saturated carbocycles. The van der Waals surface area contributed by atoms with Crippen molar-refractivity contribution in [1.29, 1.82) is 0 Å². The topological polar surface area (TPSA) is 16.1 Å². The molecule has 3 rings (SSSR count). The van der Waals surface area contributed by atoms with E-state index in [1.807, 2.05) is 30.5 Å². The molecule has 0 unspecified atom stereocenters. The van der Waals surface area contributed by atoms with E-state index in [-0.39, 0.29) is 0 Å². The molecule has 2 aromatic rings. The Morgan fingerprint density at radius 3 is 2.58 bits per heavy atom. The van der Waals surface area contributed by atoms with Gasteiger partial charge in [0.1, 0.15) is 0 Å². The summed E-state index contributed by atoms with van der Waals surface area (Å²) in [6.45, 7) is 4.87. The van der Waals surface area contributed by atoms with Crippen LogP contribution in [0.1, 0.15) is 11.3 Å². The highest BCUT2D eigenvalue weighted by Crippen LogP contribution is 2.39. The van der Waals surface area contributed by atoms with Crippen molar-refractivity contribution in [2.24, 2.45) is 0 Å². The normalized spacial score (nSPS) is 14.6. The minimum Gasteiger partial charge on any atom is -0.329 e. The summed E-state index contributed by atoms with van der Waals surface area (Å²) in [4.78, 5) is 6.60. The molecule has 0 aliphatic carbocycles. The van der Waals surface area contributed by atoms with Crippen molar-refractivity contribution < 1.29 is 0 Å². The number of aromatic nitrogens is 1. The molecule has 3 heteroatoms. The molecule has 0 amide bonds. The van der Waals surface area contributed by atoms with Gasteiger partial charge in [0.2, 0.25) is 0 Å². The summed E-state index contributed by atoms with van der Waals surface area (Å²) in [6.07, 6.45) is 1.83. The number of thioether (sulfide) groups is 1. The van der Waals surface area contributed by atoms with Gasteiger partial charge in [-0.05, 0) is 17.7 Å². The van der Waals surface area contributed by atoms with Gasteiger partial charge in [0.05, 0.1) is 23.0 Å². The maximum atomic E-state index is 4.39. The maximum absolute atomic E-state index is 4.39. The molecule has 1 aromatic carbocycles. The summed E-state index contributed by atoms with van der Waals surface area (Å²) < 4.78 is 0. The molecule has 0 atom stereocenters. The van der Waals surface area contributed by atoms with Crippen molar-refractivity contribution in [3.8, 4) is 0 Å². The number of hydrogen-bond acceptors (Lipinski definition) is 3. The first-order valence-corrected chi connectivity index (χ1v) is 7.01. The molecular weight excluding hydrogens is 252 g/mol. The van der Waals surface area contributed by atoms with Crippen LogP contribution in [0.15, 0.2) is 71.7 Å². The lowest BCUT2D eigenvalue weighted by Gasteiger charge is -2.22. The molecule has 0 bridgehead atoms. The largest absolute Gasteiger partial charge is 0.329 e. The van der Waals surface area contributed by atoms with E-state index in [9.17, 15) is 0 Å². The van der Waals surface area contributed by atoms with Crippen LogP contribution in [0, 0.1) is 0 Å². The summed E-state index contributed by atoms with van der Waals surface area (Å²) in [5.41, 5.74) is 3.46. The minimum absolute atomic E-state index is 0.757. The molecule has 0 spiro atoms. The van der Waals surface area contributed by atoms with Gasteiger partial charge in [0, 0.05) is 11.6 Å². The van der Waals surface area contributed by atoms with Crippen LogP contribution >= 0.6 is 11.8 Å². The fraction of sp³-hybridized carbons (Fsp3) is 0.0625. The Labute approximate surface area is 117 Å². The second-order valence-corrected chi connectivity index (χ2v) is 5.23. The standard InChI is InChI=1S/C16H14N2S/c1-13-18(11-15-9-5-6-10-17-15)16(12-19-13)14-7-3-2-4-8-14/h2-10,12H,1,11H2. The molecule has 0 N–H and O–H groups in total. The summed E-state index contributed by atoms with van der Waals surface area (Å²) in [6, 6.07) is 16.4. The Morgan fingerprint density at radius 2 is 1.84 bits per heavy atom. The first-order chi connectivity index (χ1) is 9.34. The van der Waals surface area contributed by atoms with Gasteiger partial charge in [-0.3, -0.25) is 4.98 Å². The number of nitrogens with zero attached hydrogens (tertiary/aromatic N) is 2. The van der Waals surface area contributed by atoms with E-state index in [4.69, 9.17) is 0 Å². The molecular formula is C16H14N2S. The lowest BCUT2D eigenvalue weighted by Crippen LogP contribution is -2.16. The quantitative estimate of drug-likeness (QED) is 0.832. The van der Waals surface area contributed by atoms with Gasteiger partial charge in [-0.15, -0.1) is 0 Å². The van der Waals surface area contributed by atoms with Crippen molar-refractivity contribution in [3.63, 3.8) is 0 Å². The summed E-state index contributed by atoms with van der Waals surface area (Å²) in [5.74, 6) is 0. The Bertz CT molecular complexity index is 605. The maximum Gasteiger partial charge on any atom is 0.0726 e. The van der Waals surface area contributed by atoms with Gasteiger partial charge < -0.3 is 4.90 Å². The highest BCUT2D eigenvalue weighted by atomic mass is 32.2. The molecule has 1 aromatic heterocycles. The SMILES string of the molecule is C=C1SC=C(c2ccccc2)N1Cc1ccccn1. The molecule has 94 valence electrons. The fourth-order valence-electron chi connectivity index (χ4n) is 2.05. The summed E-state index contributed by atoms with van der Waals surface area (Å²) in [5, 5.41) is 3.20. The zero-order chi connectivity index (χ0) is 13.1. The van der Waals surface area contributed by atoms with E-state index in [2.05, 4.69) is 46.1 Å². The van der Waals surface area contributed by atoms with Gasteiger partial charge in [0.15, 0.2) is 0 Å². The Morgan fingerprint density at radius 1 is 1.05 bits per heavy atom. The zero-order valence-electron chi connectivity index (χ0n) is 10.5. The van der Waals surface area contributed by atoms with Crippen molar-refractivity contribution >= 4 is 17.5 Å². The smallest absolute Gasteiger partial charge is 0.0726 e. The van der Waals surface area contributed by atoms with E-state index in [1.54, 1.807) is 11.8 Å². The van der Waals surface area contributed by atoms with Crippen LogP contribution in [-0.4, -0.2) is 9.88 Å². The van der Waals surface area contributed by atoms with Crippen LogP contribution in [0.4, 0.5) is 0 Å². The third-order valence-electron chi connectivity index (χ3n) is 3.01. The van der Waals surface area contributed by atoms with Crippen LogP contribution in [0.3, 0.4) is 0 Å². The van der Waals surface area contributed by atoms with Crippen LogP contribution in [-0.2, 0) is 6.54 Å². The third-order valence-corrected chi connectivity index (χ3v) is 3.85. The van der Waals surface area contributed by atoms with Crippen molar-refractivity contribution in [2.45, 2.75) is 6.54 Å². The Balaban J connectivity index is 1.87. The second-order valence-electron chi connectivity index (χ2n) is 4.29. The number of pyridine rings is 1. The molecule has 2 heterocycles. The molecule has 0 fully saturated rings. The first kappa shape index (κ1) is 12.1. The van der Waals surface area contributed by atoms with Crippen LogP contribution in [0.25, 0.3) is 5.70 Å². The number of benzene rings is 1. The average molecular weight is 266 g/mol. The lowest BCUT2D eigenvalue weighted by molar-refractivity contribution is 0.513. The molecule has 2 nitrogen and oxygen atoms in total. The van der Waals surface area contributed by atoms with Gasteiger partial charge in [0.25, 0.3) is 0 Å². The van der Waals surface area contributed by atoms with Gasteiger partial charge in [-0.1, -0.05) is 54.7 Å². The average Bonchev–Trinajstić information content (AvgIpc) is 2.82. The van der Waals surface area contributed by atoms with Gasteiger partial charge in [-0.2, -0.15) is 0 Å². The van der Waals surface area contributed by atoms with E-state index in [0.29, 0.717) is 0 Å². The van der Waals surface area contributed by atoms with Crippen LogP contribution in [0.5, 0.6) is 0 Å². The van der Waals surface area contributed by atoms with E-state index >= 15 is 0 Å². The van der Waals surface area contributed by atoms with Crippen LogP contribution < -0.4 is 0 Å². The van der Waals surface area contributed by atoms with E-state index < -0.39 is 0 Å². The fourth-order valence-corrected chi connectivity index (χ4v) is 2.85. The molecule has 1 aliphatic rings. The first-order valence-electron chi connectivity index (χ1n) is 6.13. The predicted molar refractivity (Wildman–Crippen MR) is 80.9 cm³/mol. The Hall–Kier alpha value is -2.00. The van der Waals surface area contributed by atoms with Gasteiger partial charge in [-0.25, -0.2) is 0 Å². The Kier molecular flexibility index (Phi) is 3.38. The van der Waals surface area contributed by atoms with Crippen molar-refractivity contribution in [2.75, 3.05) is 0 Å². The van der Waals surface area contributed by atoms with E-state index in [1.165, 1.54) is 11.3 Å². The molecule has 0 saturated heterocycles. The zero-order valence-corrected chi connectivity index (χ0v) is 11.3.